The van der Waals surface area contributed by atoms with E-state index >= 15 is 0 Å². The van der Waals surface area contributed by atoms with Crippen LogP contribution in [0.15, 0.2) is 0 Å². The zero-order chi connectivity index (χ0) is 11.3. The van der Waals surface area contributed by atoms with E-state index in [1.54, 1.807) is 0 Å². The average Bonchev–Trinajstić information content (AvgIpc) is 2.27. The molecule has 0 amide bonds. The van der Waals surface area contributed by atoms with Crippen LogP contribution >= 0.6 is 15.9 Å². The quantitative estimate of drug-likeness (QED) is 0.694. The van der Waals surface area contributed by atoms with Crippen molar-refractivity contribution in [3.63, 3.8) is 0 Å². The summed E-state index contributed by atoms with van der Waals surface area (Å²) in [6.07, 6.45) is 2.85. The van der Waals surface area contributed by atoms with Crippen molar-refractivity contribution in [3.05, 3.63) is 0 Å². The molecule has 0 aromatic heterocycles. The van der Waals surface area contributed by atoms with E-state index in [1.807, 2.05) is 0 Å². The van der Waals surface area contributed by atoms with E-state index in [2.05, 4.69) is 22.9 Å². The molecule has 0 aromatic carbocycles. The molecule has 90 valence electrons. The van der Waals surface area contributed by atoms with Crippen molar-refractivity contribution in [2.24, 2.45) is 5.92 Å². The summed E-state index contributed by atoms with van der Waals surface area (Å²) in [5.41, 5.74) is -0.331. The lowest BCUT2D eigenvalue weighted by Crippen LogP contribution is -2.40. The molecule has 0 saturated heterocycles. The van der Waals surface area contributed by atoms with Gasteiger partial charge in [-0.3, -0.25) is 0 Å². The Morgan fingerprint density at radius 3 is 2.40 bits per heavy atom. The van der Waals surface area contributed by atoms with Gasteiger partial charge in [-0.05, 0) is 31.6 Å². The molecule has 15 heavy (non-hydrogen) atoms. The molecule has 1 fully saturated rings. The molecular formula is C11H19BrF2O. The Morgan fingerprint density at radius 1 is 1.40 bits per heavy atom. The summed E-state index contributed by atoms with van der Waals surface area (Å²) in [6, 6.07) is 0. The van der Waals surface area contributed by atoms with Gasteiger partial charge in [-0.15, -0.1) is 0 Å². The summed E-state index contributed by atoms with van der Waals surface area (Å²) in [4.78, 5) is 0. The van der Waals surface area contributed by atoms with E-state index in [9.17, 15) is 8.78 Å². The number of rotatable bonds is 5. The van der Waals surface area contributed by atoms with E-state index < -0.39 is 13.0 Å². The Morgan fingerprint density at radius 2 is 2.00 bits per heavy atom. The lowest BCUT2D eigenvalue weighted by atomic mass is 9.79. The van der Waals surface area contributed by atoms with Crippen molar-refractivity contribution in [2.75, 3.05) is 11.9 Å². The van der Waals surface area contributed by atoms with Gasteiger partial charge in [-0.2, -0.15) is 0 Å². The highest BCUT2D eigenvalue weighted by atomic mass is 79.9. The van der Waals surface area contributed by atoms with Crippen molar-refractivity contribution in [3.8, 4) is 0 Å². The van der Waals surface area contributed by atoms with Gasteiger partial charge in [0.1, 0.15) is 6.61 Å². The molecule has 0 heterocycles. The smallest absolute Gasteiger partial charge is 0.261 e. The maximum atomic E-state index is 12.1. The average molecular weight is 285 g/mol. The maximum Gasteiger partial charge on any atom is 0.261 e. The van der Waals surface area contributed by atoms with Crippen LogP contribution in [0.1, 0.15) is 39.0 Å². The largest absolute Gasteiger partial charge is 0.368 e. The van der Waals surface area contributed by atoms with Crippen LogP contribution in [0.4, 0.5) is 8.78 Å². The number of alkyl halides is 3. The number of hydrogen-bond acceptors (Lipinski definition) is 1. The highest BCUT2D eigenvalue weighted by Crippen LogP contribution is 2.37. The van der Waals surface area contributed by atoms with Crippen molar-refractivity contribution in [1.29, 1.82) is 0 Å². The van der Waals surface area contributed by atoms with Crippen LogP contribution in [0.3, 0.4) is 0 Å². The normalized spacial score (nSPS) is 32.2. The fourth-order valence-electron chi connectivity index (χ4n) is 2.17. The molecule has 0 N–H and O–H groups in total. The highest BCUT2D eigenvalue weighted by molar-refractivity contribution is 9.09. The van der Waals surface area contributed by atoms with E-state index in [1.165, 1.54) is 6.42 Å². The molecule has 0 unspecified atom stereocenters. The zero-order valence-electron chi connectivity index (χ0n) is 9.15. The molecular weight excluding hydrogens is 266 g/mol. The van der Waals surface area contributed by atoms with Gasteiger partial charge in [0, 0.05) is 5.33 Å². The van der Waals surface area contributed by atoms with Gasteiger partial charge in [-0.1, -0.05) is 29.3 Å². The highest BCUT2D eigenvalue weighted by Gasteiger charge is 2.35. The standard InChI is InChI=1S/C11H19BrF2O/c1-2-9-3-5-11(8-12,6-4-9)15-7-10(13)14/h9-10H,2-8H2,1H3. The van der Waals surface area contributed by atoms with Crippen LogP contribution in [0, 0.1) is 5.92 Å². The number of ether oxygens (including phenoxy) is 1. The van der Waals surface area contributed by atoms with Gasteiger partial charge in [0.25, 0.3) is 6.43 Å². The summed E-state index contributed by atoms with van der Waals surface area (Å²) in [6.45, 7) is 1.76. The third-order valence-electron chi connectivity index (χ3n) is 3.35. The maximum absolute atomic E-state index is 12.1. The molecule has 0 aliphatic heterocycles. The minimum absolute atomic E-state index is 0.331. The molecule has 1 nitrogen and oxygen atoms in total. The molecule has 0 spiro atoms. The van der Waals surface area contributed by atoms with Gasteiger partial charge >= 0.3 is 0 Å². The SMILES string of the molecule is CCC1CCC(CBr)(OCC(F)F)CC1. The van der Waals surface area contributed by atoms with Gasteiger partial charge in [0.2, 0.25) is 0 Å². The van der Waals surface area contributed by atoms with Crippen LogP contribution in [0.2, 0.25) is 0 Å². The Bertz CT molecular complexity index is 179. The van der Waals surface area contributed by atoms with E-state index in [4.69, 9.17) is 4.74 Å². The zero-order valence-corrected chi connectivity index (χ0v) is 10.7. The van der Waals surface area contributed by atoms with Crippen LogP contribution in [0.25, 0.3) is 0 Å². The summed E-state index contributed by atoms with van der Waals surface area (Å²) in [5.74, 6) is 0.757. The summed E-state index contributed by atoms with van der Waals surface area (Å²) in [7, 11) is 0. The second kappa shape index (κ2) is 6.14. The first kappa shape index (κ1) is 13.4. The predicted molar refractivity (Wildman–Crippen MR) is 60.7 cm³/mol. The molecule has 4 heteroatoms. The molecule has 1 rings (SSSR count). The number of halogens is 3. The molecule has 0 bridgehead atoms. The number of hydrogen-bond donors (Lipinski definition) is 0. The van der Waals surface area contributed by atoms with Crippen LogP contribution in [-0.4, -0.2) is 24.0 Å². The van der Waals surface area contributed by atoms with Crippen LogP contribution in [0.5, 0.6) is 0 Å². The third-order valence-corrected chi connectivity index (χ3v) is 4.37. The molecule has 1 aliphatic carbocycles. The van der Waals surface area contributed by atoms with Crippen LogP contribution < -0.4 is 0 Å². The molecule has 1 aliphatic rings. The molecule has 0 radical (unpaired) electrons. The monoisotopic (exact) mass is 284 g/mol. The Hall–Kier alpha value is 0.300. The lowest BCUT2D eigenvalue weighted by Gasteiger charge is -2.38. The summed E-state index contributed by atoms with van der Waals surface area (Å²) >= 11 is 3.39. The minimum Gasteiger partial charge on any atom is -0.368 e. The molecule has 1 saturated carbocycles. The third kappa shape index (κ3) is 3.99. The Kier molecular flexibility index (Phi) is 5.47. The second-order valence-electron chi connectivity index (χ2n) is 4.37. The van der Waals surface area contributed by atoms with Crippen LogP contribution in [-0.2, 0) is 4.74 Å². The Balaban J connectivity index is 2.41. The topological polar surface area (TPSA) is 9.23 Å². The predicted octanol–water partition coefficient (Wildman–Crippen LogP) is 4.00. The van der Waals surface area contributed by atoms with Crippen molar-refractivity contribution in [2.45, 2.75) is 51.1 Å². The summed E-state index contributed by atoms with van der Waals surface area (Å²) in [5, 5.41) is 0.670. The van der Waals surface area contributed by atoms with Crippen molar-refractivity contribution < 1.29 is 13.5 Å². The Labute approximate surface area is 98.7 Å². The van der Waals surface area contributed by atoms with E-state index in [-0.39, 0.29) is 5.60 Å². The van der Waals surface area contributed by atoms with Gasteiger partial charge in [-0.25, -0.2) is 8.78 Å². The fourth-order valence-corrected chi connectivity index (χ4v) is 2.89. The first-order chi connectivity index (χ1) is 7.12. The van der Waals surface area contributed by atoms with Crippen molar-refractivity contribution >= 4 is 15.9 Å². The first-order valence-electron chi connectivity index (χ1n) is 5.60. The van der Waals surface area contributed by atoms with E-state index in [0.717, 1.165) is 31.6 Å². The summed E-state index contributed by atoms with van der Waals surface area (Å²) < 4.78 is 29.6. The van der Waals surface area contributed by atoms with Gasteiger partial charge < -0.3 is 4.74 Å². The lowest BCUT2D eigenvalue weighted by molar-refractivity contribution is -0.0981. The van der Waals surface area contributed by atoms with Gasteiger partial charge in [0.05, 0.1) is 5.60 Å². The van der Waals surface area contributed by atoms with E-state index in [0.29, 0.717) is 5.33 Å². The molecule has 0 atom stereocenters. The second-order valence-corrected chi connectivity index (χ2v) is 4.93. The van der Waals surface area contributed by atoms with Crippen molar-refractivity contribution in [1.82, 2.24) is 0 Å². The fraction of sp³-hybridized carbons (Fsp3) is 1.00. The minimum atomic E-state index is -2.36. The molecule has 0 aromatic rings. The first-order valence-corrected chi connectivity index (χ1v) is 6.72. The van der Waals surface area contributed by atoms with Gasteiger partial charge in [0.15, 0.2) is 0 Å².